The molecule has 3 nitrogen and oxygen atoms in total. The zero-order chi connectivity index (χ0) is 12.1. The van der Waals surface area contributed by atoms with Gasteiger partial charge in [-0.3, -0.25) is 0 Å². The van der Waals surface area contributed by atoms with Crippen molar-refractivity contribution in [1.82, 2.24) is 0 Å². The van der Waals surface area contributed by atoms with Gasteiger partial charge in [0.1, 0.15) is 23.5 Å². The van der Waals surface area contributed by atoms with Gasteiger partial charge in [-0.15, -0.1) is 0 Å². The summed E-state index contributed by atoms with van der Waals surface area (Å²) in [5, 5.41) is 18.0. The number of hydrogen-bond donors (Lipinski definition) is 0. The zero-order valence-corrected chi connectivity index (χ0v) is 9.80. The van der Waals surface area contributed by atoms with E-state index >= 15 is 0 Å². The molecule has 0 saturated heterocycles. The van der Waals surface area contributed by atoms with Gasteiger partial charge in [0, 0.05) is 10.6 Å². The van der Waals surface area contributed by atoms with Gasteiger partial charge in [-0.1, -0.05) is 23.2 Å². The molecule has 0 N–H and O–H groups in total. The monoisotopic (exact) mass is 252 g/mol. The van der Waals surface area contributed by atoms with Crippen molar-refractivity contribution < 1.29 is 4.74 Å². The molecule has 1 aromatic carbocycles. The first kappa shape index (κ1) is 12.4. The van der Waals surface area contributed by atoms with Gasteiger partial charge >= 0.3 is 0 Å². The lowest BCUT2D eigenvalue weighted by atomic mass is 10.1. The van der Waals surface area contributed by atoms with Crippen LogP contribution in [-0.4, -0.2) is 7.11 Å². The van der Waals surface area contributed by atoms with Gasteiger partial charge in [0.25, 0.3) is 0 Å². The molecule has 0 atom stereocenters. The highest BCUT2D eigenvalue weighted by Crippen LogP contribution is 2.32. The Labute approximate surface area is 103 Å². The number of allylic oxidation sites excluding steroid dienone is 1. The van der Waals surface area contributed by atoms with Gasteiger partial charge in [-0.2, -0.15) is 10.5 Å². The highest BCUT2D eigenvalue weighted by atomic mass is 35.5. The maximum absolute atomic E-state index is 8.65. The first-order valence-electron chi connectivity index (χ1n) is 4.17. The van der Waals surface area contributed by atoms with E-state index in [0.29, 0.717) is 21.4 Å². The lowest BCUT2D eigenvalue weighted by molar-refractivity contribution is 0.414. The number of ether oxygens (including phenoxy) is 1. The number of methoxy groups -OCH3 is 1. The van der Waals surface area contributed by atoms with Crippen molar-refractivity contribution in [2.24, 2.45) is 0 Å². The topological polar surface area (TPSA) is 56.8 Å². The Balaban J connectivity index is 3.40. The van der Waals surface area contributed by atoms with Crippen molar-refractivity contribution in [1.29, 1.82) is 10.5 Å². The van der Waals surface area contributed by atoms with Gasteiger partial charge in [0.05, 0.1) is 12.1 Å². The second-order valence-corrected chi connectivity index (χ2v) is 3.63. The van der Waals surface area contributed by atoms with Crippen LogP contribution in [0.4, 0.5) is 0 Å². The number of nitriles is 2. The number of nitrogens with zero attached hydrogens (tertiary/aromatic N) is 2. The molecule has 0 aliphatic heterocycles. The second-order valence-electron chi connectivity index (χ2n) is 2.79. The van der Waals surface area contributed by atoms with E-state index in [1.54, 1.807) is 18.2 Å². The average Bonchev–Trinajstić information content (AvgIpc) is 2.27. The molecule has 0 aliphatic rings. The fraction of sp³-hybridized carbons (Fsp3) is 0.0909. The van der Waals surface area contributed by atoms with Crippen molar-refractivity contribution in [2.75, 3.05) is 7.11 Å². The lowest BCUT2D eigenvalue weighted by Crippen LogP contribution is -1.89. The minimum atomic E-state index is -0.0532. The third kappa shape index (κ3) is 2.67. The third-order valence-electron chi connectivity index (χ3n) is 1.81. The van der Waals surface area contributed by atoms with Crippen molar-refractivity contribution in [3.63, 3.8) is 0 Å². The smallest absolute Gasteiger partial charge is 0.130 e. The van der Waals surface area contributed by atoms with Crippen molar-refractivity contribution in [3.8, 4) is 17.9 Å². The molecule has 0 radical (unpaired) electrons. The Hall–Kier alpha value is -1.68. The predicted molar refractivity (Wildman–Crippen MR) is 62.2 cm³/mol. The van der Waals surface area contributed by atoms with Crippen LogP contribution < -0.4 is 4.74 Å². The molecule has 0 amide bonds. The van der Waals surface area contributed by atoms with Crippen LogP contribution in [0.3, 0.4) is 0 Å². The van der Waals surface area contributed by atoms with E-state index in [0.717, 1.165) is 0 Å². The molecule has 0 unspecified atom stereocenters. The SMILES string of the molecule is COc1cc(Cl)cc(Cl)c1C=C(C#N)C#N. The molecule has 0 bridgehead atoms. The van der Waals surface area contributed by atoms with Crippen molar-refractivity contribution in [2.45, 2.75) is 0 Å². The van der Waals surface area contributed by atoms with Crippen LogP contribution in [0.25, 0.3) is 6.08 Å². The van der Waals surface area contributed by atoms with Crippen LogP contribution in [0, 0.1) is 22.7 Å². The molecule has 0 fully saturated rings. The molecular weight excluding hydrogens is 247 g/mol. The molecule has 80 valence electrons. The normalized spacial score (nSPS) is 8.81. The molecule has 0 heterocycles. The van der Waals surface area contributed by atoms with E-state index in [-0.39, 0.29) is 5.57 Å². The summed E-state index contributed by atoms with van der Waals surface area (Å²) in [7, 11) is 1.46. The largest absolute Gasteiger partial charge is 0.496 e. The highest BCUT2D eigenvalue weighted by molar-refractivity contribution is 6.36. The van der Waals surface area contributed by atoms with Crippen LogP contribution in [0.1, 0.15) is 5.56 Å². The summed E-state index contributed by atoms with van der Waals surface area (Å²) in [6.45, 7) is 0. The number of hydrogen-bond acceptors (Lipinski definition) is 3. The highest BCUT2D eigenvalue weighted by Gasteiger charge is 2.08. The van der Waals surface area contributed by atoms with Gasteiger partial charge < -0.3 is 4.74 Å². The molecule has 0 aromatic heterocycles. The summed E-state index contributed by atoms with van der Waals surface area (Å²) in [5.41, 5.74) is 0.411. The summed E-state index contributed by atoms with van der Waals surface area (Å²) < 4.78 is 5.06. The van der Waals surface area contributed by atoms with Crippen LogP contribution in [0.15, 0.2) is 17.7 Å². The summed E-state index contributed by atoms with van der Waals surface area (Å²) in [5.74, 6) is 0.417. The number of rotatable bonds is 2. The Morgan fingerprint density at radius 1 is 1.31 bits per heavy atom. The van der Waals surface area contributed by atoms with E-state index in [9.17, 15) is 0 Å². The Morgan fingerprint density at radius 3 is 2.44 bits per heavy atom. The van der Waals surface area contributed by atoms with Gasteiger partial charge in [0.2, 0.25) is 0 Å². The average molecular weight is 253 g/mol. The van der Waals surface area contributed by atoms with E-state index < -0.39 is 0 Å². The van der Waals surface area contributed by atoms with Gasteiger partial charge in [-0.25, -0.2) is 0 Å². The summed E-state index contributed by atoms with van der Waals surface area (Å²) in [6, 6.07) is 6.57. The number of benzene rings is 1. The predicted octanol–water partition coefficient (Wildman–Crippen LogP) is 3.43. The Bertz CT molecular complexity index is 508. The van der Waals surface area contributed by atoms with Crippen LogP contribution in [-0.2, 0) is 0 Å². The fourth-order valence-corrected chi connectivity index (χ4v) is 1.63. The van der Waals surface area contributed by atoms with Crippen molar-refractivity contribution >= 4 is 29.3 Å². The van der Waals surface area contributed by atoms with Crippen LogP contribution >= 0.6 is 23.2 Å². The maximum Gasteiger partial charge on any atom is 0.130 e. The minimum Gasteiger partial charge on any atom is -0.496 e. The Morgan fingerprint density at radius 2 is 1.94 bits per heavy atom. The fourth-order valence-electron chi connectivity index (χ4n) is 1.10. The van der Waals surface area contributed by atoms with E-state index in [2.05, 4.69) is 0 Å². The zero-order valence-electron chi connectivity index (χ0n) is 8.29. The molecule has 1 aromatic rings. The van der Waals surface area contributed by atoms with E-state index in [1.807, 2.05) is 0 Å². The van der Waals surface area contributed by atoms with Gasteiger partial charge in [-0.05, 0) is 18.2 Å². The first-order valence-corrected chi connectivity index (χ1v) is 4.93. The van der Waals surface area contributed by atoms with E-state index in [1.165, 1.54) is 19.3 Å². The van der Waals surface area contributed by atoms with Crippen LogP contribution in [0.2, 0.25) is 10.0 Å². The molecule has 5 heteroatoms. The summed E-state index contributed by atoms with van der Waals surface area (Å²) >= 11 is 11.7. The molecule has 0 aliphatic carbocycles. The minimum absolute atomic E-state index is 0.0532. The van der Waals surface area contributed by atoms with Gasteiger partial charge in [0.15, 0.2) is 0 Å². The quantitative estimate of drug-likeness (QED) is 0.758. The lowest BCUT2D eigenvalue weighted by Gasteiger charge is -2.07. The number of halogens is 2. The second kappa shape index (κ2) is 5.42. The van der Waals surface area contributed by atoms with Crippen molar-refractivity contribution in [3.05, 3.63) is 33.3 Å². The summed E-state index contributed by atoms with van der Waals surface area (Å²) in [6.07, 6.45) is 1.36. The molecule has 16 heavy (non-hydrogen) atoms. The standard InChI is InChI=1S/C11H6Cl2N2O/c1-16-11-4-8(12)3-10(13)9(11)2-7(5-14)6-15/h2-4H,1H3. The maximum atomic E-state index is 8.65. The van der Waals surface area contributed by atoms with Crippen LogP contribution in [0.5, 0.6) is 5.75 Å². The molecular formula is C11H6Cl2N2O. The molecule has 1 rings (SSSR count). The van der Waals surface area contributed by atoms with E-state index in [4.69, 9.17) is 38.5 Å². The Kier molecular flexibility index (Phi) is 4.19. The molecule has 0 spiro atoms. The third-order valence-corrected chi connectivity index (χ3v) is 2.34. The molecule has 0 saturated carbocycles. The summed E-state index contributed by atoms with van der Waals surface area (Å²) in [4.78, 5) is 0. The first-order chi connectivity index (χ1) is 7.62.